The largest absolute Gasteiger partial charge is 0.399 e. The minimum Gasteiger partial charge on any atom is -0.399 e. The molecule has 1 atom stereocenters. The Bertz CT molecular complexity index is 500. The van der Waals surface area contributed by atoms with Crippen molar-refractivity contribution in [3.63, 3.8) is 0 Å². The van der Waals surface area contributed by atoms with Gasteiger partial charge in [-0.15, -0.1) is 0 Å². The number of hydrogen-bond acceptors (Lipinski definition) is 5. The number of nitrogens with zero attached hydrogens (tertiary/aromatic N) is 2. The highest BCUT2D eigenvalue weighted by molar-refractivity contribution is 9.10. The van der Waals surface area contributed by atoms with Crippen molar-refractivity contribution in [2.45, 2.75) is 6.10 Å². The van der Waals surface area contributed by atoms with E-state index >= 15 is 0 Å². The van der Waals surface area contributed by atoms with E-state index in [-0.39, 0.29) is 0 Å². The third-order valence-corrected chi connectivity index (χ3v) is 2.80. The van der Waals surface area contributed by atoms with Crippen molar-refractivity contribution in [1.29, 1.82) is 0 Å². The van der Waals surface area contributed by atoms with Crippen LogP contribution in [0.4, 0.5) is 11.6 Å². The van der Waals surface area contributed by atoms with Crippen molar-refractivity contribution in [3.8, 4) is 0 Å². The number of aliphatic hydroxyl groups is 1. The van der Waals surface area contributed by atoms with Gasteiger partial charge >= 0.3 is 0 Å². The van der Waals surface area contributed by atoms with Crippen LogP contribution in [-0.2, 0) is 0 Å². The molecule has 0 saturated heterocycles. The SMILES string of the molecule is Nc1ccc(C(O)CNc2ncc(Br)cn2)cc1. The lowest BCUT2D eigenvalue weighted by molar-refractivity contribution is 0.191. The van der Waals surface area contributed by atoms with Crippen molar-refractivity contribution in [1.82, 2.24) is 9.97 Å². The minimum atomic E-state index is -0.627. The molecule has 6 heteroatoms. The van der Waals surface area contributed by atoms with E-state index in [4.69, 9.17) is 5.73 Å². The van der Waals surface area contributed by atoms with E-state index < -0.39 is 6.10 Å². The molecule has 1 aromatic carbocycles. The summed E-state index contributed by atoms with van der Waals surface area (Å²) in [6.07, 6.45) is 2.66. The third-order valence-electron chi connectivity index (χ3n) is 2.40. The number of aliphatic hydroxyl groups excluding tert-OH is 1. The van der Waals surface area contributed by atoms with Gasteiger partial charge in [-0.3, -0.25) is 0 Å². The van der Waals surface area contributed by atoms with E-state index in [9.17, 15) is 5.11 Å². The maximum atomic E-state index is 9.96. The van der Waals surface area contributed by atoms with Crippen LogP contribution in [0.1, 0.15) is 11.7 Å². The number of nitrogens with one attached hydrogen (secondary N) is 1. The number of aromatic nitrogens is 2. The van der Waals surface area contributed by atoms with Crippen LogP contribution in [0, 0.1) is 0 Å². The average Bonchev–Trinajstić information content (AvgIpc) is 2.38. The summed E-state index contributed by atoms with van der Waals surface area (Å²) in [6.45, 7) is 0.339. The molecular formula is C12H13BrN4O. The van der Waals surface area contributed by atoms with E-state index in [2.05, 4.69) is 31.2 Å². The van der Waals surface area contributed by atoms with Gasteiger partial charge in [-0.2, -0.15) is 0 Å². The molecule has 0 aliphatic heterocycles. The van der Waals surface area contributed by atoms with Crippen LogP contribution < -0.4 is 11.1 Å². The van der Waals surface area contributed by atoms with E-state index in [0.717, 1.165) is 10.0 Å². The molecule has 0 aliphatic rings. The van der Waals surface area contributed by atoms with Crippen LogP contribution in [0.25, 0.3) is 0 Å². The van der Waals surface area contributed by atoms with Gasteiger partial charge in [-0.25, -0.2) is 9.97 Å². The number of benzene rings is 1. The van der Waals surface area contributed by atoms with Gasteiger partial charge < -0.3 is 16.2 Å². The molecule has 4 N–H and O–H groups in total. The van der Waals surface area contributed by atoms with E-state index in [1.807, 2.05) is 0 Å². The Kier molecular flexibility index (Phi) is 4.11. The van der Waals surface area contributed by atoms with E-state index in [1.165, 1.54) is 0 Å². The molecule has 0 aliphatic carbocycles. The fourth-order valence-corrected chi connectivity index (χ4v) is 1.63. The second kappa shape index (κ2) is 5.79. The summed E-state index contributed by atoms with van der Waals surface area (Å²) in [6, 6.07) is 7.11. The number of anilines is 2. The highest BCUT2D eigenvalue weighted by atomic mass is 79.9. The number of nitrogens with two attached hydrogens (primary N) is 1. The number of halogens is 1. The summed E-state index contributed by atoms with van der Waals surface area (Å²) in [7, 11) is 0. The lowest BCUT2D eigenvalue weighted by atomic mass is 10.1. The van der Waals surface area contributed by atoms with Crippen LogP contribution in [0.3, 0.4) is 0 Å². The summed E-state index contributed by atoms with van der Waals surface area (Å²) < 4.78 is 0.812. The molecule has 94 valence electrons. The van der Waals surface area contributed by atoms with Crippen molar-refractivity contribution < 1.29 is 5.11 Å². The molecule has 0 bridgehead atoms. The van der Waals surface area contributed by atoms with Crippen LogP contribution in [-0.4, -0.2) is 21.6 Å². The molecule has 2 rings (SSSR count). The predicted molar refractivity (Wildman–Crippen MR) is 74.0 cm³/mol. The number of hydrogen-bond donors (Lipinski definition) is 3. The molecule has 5 nitrogen and oxygen atoms in total. The van der Waals surface area contributed by atoms with Crippen molar-refractivity contribution in [2.75, 3.05) is 17.6 Å². The Morgan fingerprint density at radius 2 is 1.83 bits per heavy atom. The second-order valence-electron chi connectivity index (χ2n) is 3.79. The second-order valence-corrected chi connectivity index (χ2v) is 4.70. The third kappa shape index (κ3) is 3.41. The van der Waals surface area contributed by atoms with Gasteiger partial charge in [0.1, 0.15) is 0 Å². The fourth-order valence-electron chi connectivity index (χ4n) is 1.43. The Morgan fingerprint density at radius 1 is 1.22 bits per heavy atom. The van der Waals surface area contributed by atoms with Gasteiger partial charge in [-0.05, 0) is 33.6 Å². The quantitative estimate of drug-likeness (QED) is 0.752. The molecular weight excluding hydrogens is 296 g/mol. The number of nitrogen functional groups attached to an aromatic ring is 1. The average molecular weight is 309 g/mol. The highest BCUT2D eigenvalue weighted by Gasteiger charge is 2.07. The maximum absolute atomic E-state index is 9.96. The molecule has 18 heavy (non-hydrogen) atoms. The molecule has 0 spiro atoms. The Morgan fingerprint density at radius 3 is 2.44 bits per heavy atom. The molecule has 0 saturated carbocycles. The molecule has 0 fully saturated rings. The monoisotopic (exact) mass is 308 g/mol. The zero-order chi connectivity index (χ0) is 13.0. The molecule has 2 aromatic rings. The fraction of sp³-hybridized carbons (Fsp3) is 0.167. The number of rotatable bonds is 4. The molecule has 0 amide bonds. The summed E-state index contributed by atoms with van der Waals surface area (Å²) in [5, 5.41) is 12.9. The lowest BCUT2D eigenvalue weighted by Gasteiger charge is -2.12. The summed E-state index contributed by atoms with van der Waals surface area (Å²) in [5.74, 6) is 0.479. The lowest BCUT2D eigenvalue weighted by Crippen LogP contribution is -2.13. The van der Waals surface area contributed by atoms with Crippen LogP contribution in [0.5, 0.6) is 0 Å². The van der Waals surface area contributed by atoms with Crippen LogP contribution in [0.15, 0.2) is 41.1 Å². The molecule has 0 radical (unpaired) electrons. The predicted octanol–water partition coefficient (Wildman–Crippen LogP) is 1.97. The first-order chi connectivity index (χ1) is 8.65. The molecule has 1 aromatic heterocycles. The maximum Gasteiger partial charge on any atom is 0.222 e. The first kappa shape index (κ1) is 12.8. The van der Waals surface area contributed by atoms with Crippen LogP contribution >= 0.6 is 15.9 Å². The van der Waals surface area contributed by atoms with E-state index in [1.54, 1.807) is 36.7 Å². The van der Waals surface area contributed by atoms with Crippen molar-refractivity contribution in [2.24, 2.45) is 0 Å². The summed E-state index contributed by atoms with van der Waals surface area (Å²) >= 11 is 3.25. The normalized spacial score (nSPS) is 12.1. The van der Waals surface area contributed by atoms with Gasteiger partial charge in [0, 0.05) is 24.6 Å². The molecule has 1 unspecified atom stereocenters. The standard InChI is InChI=1S/C12H13BrN4O/c13-9-5-15-12(16-6-9)17-7-11(18)8-1-3-10(14)4-2-8/h1-6,11,18H,7,14H2,(H,15,16,17). The Balaban J connectivity index is 1.93. The van der Waals surface area contributed by atoms with Gasteiger partial charge in [0.2, 0.25) is 5.95 Å². The summed E-state index contributed by atoms with van der Waals surface area (Å²) in [5.41, 5.74) is 7.06. The first-order valence-corrected chi connectivity index (χ1v) is 6.19. The Labute approximate surface area is 113 Å². The van der Waals surface area contributed by atoms with Crippen molar-refractivity contribution >= 4 is 27.6 Å². The van der Waals surface area contributed by atoms with E-state index in [0.29, 0.717) is 18.2 Å². The van der Waals surface area contributed by atoms with Gasteiger partial charge in [0.25, 0.3) is 0 Å². The first-order valence-electron chi connectivity index (χ1n) is 5.40. The van der Waals surface area contributed by atoms with Gasteiger partial charge in [-0.1, -0.05) is 12.1 Å². The highest BCUT2D eigenvalue weighted by Crippen LogP contribution is 2.15. The van der Waals surface area contributed by atoms with Crippen LogP contribution in [0.2, 0.25) is 0 Å². The van der Waals surface area contributed by atoms with Gasteiger partial charge in [0.05, 0.1) is 10.6 Å². The topological polar surface area (TPSA) is 84.1 Å². The van der Waals surface area contributed by atoms with Gasteiger partial charge in [0.15, 0.2) is 0 Å². The zero-order valence-corrected chi connectivity index (χ0v) is 11.1. The Hall–Kier alpha value is -1.66. The minimum absolute atomic E-state index is 0.339. The van der Waals surface area contributed by atoms with Crippen molar-refractivity contribution in [3.05, 3.63) is 46.7 Å². The smallest absolute Gasteiger partial charge is 0.222 e. The zero-order valence-electron chi connectivity index (χ0n) is 9.55. The molecule has 1 heterocycles. The summed E-state index contributed by atoms with van der Waals surface area (Å²) in [4.78, 5) is 8.12.